The molecule has 42 heavy (non-hydrogen) atoms. The van der Waals surface area contributed by atoms with E-state index in [2.05, 4.69) is 26.3 Å². The lowest BCUT2D eigenvalue weighted by molar-refractivity contribution is -0.143. The van der Waals surface area contributed by atoms with Gasteiger partial charge in [-0.05, 0) is 37.5 Å². The molecule has 0 fully saturated rings. The number of nitrogens with zero attached hydrogens (tertiary/aromatic N) is 1. The Kier molecular flexibility index (Phi) is 14.3. The van der Waals surface area contributed by atoms with Crippen molar-refractivity contribution in [1.29, 1.82) is 0 Å². The molecule has 0 saturated carbocycles. The molecule has 0 spiro atoms. The number of phenols is 1. The number of phenolic OH excluding ortho intramolecular Hbond substituents is 1. The SMILES string of the molecule is CC(C)C(=O)N[C@@H](Cc1ccc(O)cc1)C(=O)N[C@H](CCCN=C(N)N)C(=O)N[C@@H](CC(=O)O)C(=O)N[C@@H](C)C(=O)O. The van der Waals surface area contributed by atoms with Crippen molar-refractivity contribution >= 4 is 41.5 Å². The third-order valence-electron chi connectivity index (χ3n) is 5.85. The minimum absolute atomic E-state index is 0.00109. The van der Waals surface area contributed by atoms with Crippen molar-refractivity contribution in [3.8, 4) is 5.75 Å². The van der Waals surface area contributed by atoms with E-state index in [-0.39, 0.29) is 37.5 Å². The zero-order valence-electron chi connectivity index (χ0n) is 23.6. The second-order valence-electron chi connectivity index (χ2n) is 9.82. The molecule has 0 aliphatic heterocycles. The van der Waals surface area contributed by atoms with Gasteiger partial charge in [-0.3, -0.25) is 33.8 Å². The Morgan fingerprint density at radius 3 is 1.83 bits per heavy atom. The third kappa shape index (κ3) is 13.0. The van der Waals surface area contributed by atoms with E-state index in [0.717, 1.165) is 6.92 Å². The van der Waals surface area contributed by atoms with Gasteiger partial charge in [0.1, 0.15) is 29.9 Å². The summed E-state index contributed by atoms with van der Waals surface area (Å²) in [6.07, 6.45) is -0.731. The Hall–Kier alpha value is -4.89. The molecule has 1 aromatic rings. The summed E-state index contributed by atoms with van der Waals surface area (Å²) >= 11 is 0. The number of carbonyl (C=O) groups excluding carboxylic acids is 4. The van der Waals surface area contributed by atoms with Crippen LogP contribution in [0.15, 0.2) is 29.3 Å². The molecule has 0 bridgehead atoms. The van der Waals surface area contributed by atoms with Crippen LogP contribution in [0.4, 0.5) is 0 Å². The van der Waals surface area contributed by atoms with Crippen molar-refractivity contribution in [2.45, 2.75) is 70.6 Å². The van der Waals surface area contributed by atoms with Crippen molar-refractivity contribution in [2.75, 3.05) is 6.54 Å². The van der Waals surface area contributed by atoms with Crippen LogP contribution in [0.2, 0.25) is 0 Å². The number of guanidine groups is 1. The van der Waals surface area contributed by atoms with E-state index in [4.69, 9.17) is 16.6 Å². The number of amides is 4. The maximum Gasteiger partial charge on any atom is 0.325 e. The Balaban J connectivity index is 3.24. The fourth-order valence-corrected chi connectivity index (χ4v) is 3.49. The van der Waals surface area contributed by atoms with E-state index < -0.39 is 72.1 Å². The Labute approximate surface area is 242 Å². The zero-order chi connectivity index (χ0) is 32.0. The first kappa shape index (κ1) is 35.1. The Morgan fingerprint density at radius 2 is 1.31 bits per heavy atom. The summed E-state index contributed by atoms with van der Waals surface area (Å²) in [5.74, 6) is -6.67. The molecule has 0 aromatic heterocycles. The largest absolute Gasteiger partial charge is 0.508 e. The molecule has 0 unspecified atom stereocenters. The van der Waals surface area contributed by atoms with Crippen LogP contribution in [0.1, 0.15) is 45.6 Å². The molecule has 16 nitrogen and oxygen atoms in total. The van der Waals surface area contributed by atoms with Crippen molar-refractivity contribution in [2.24, 2.45) is 22.4 Å². The molecular weight excluding hydrogens is 554 g/mol. The van der Waals surface area contributed by atoms with Crippen LogP contribution in [-0.2, 0) is 35.2 Å². The quantitative estimate of drug-likeness (QED) is 0.0550. The lowest BCUT2D eigenvalue weighted by atomic mass is 10.0. The molecule has 0 heterocycles. The monoisotopic (exact) mass is 593 g/mol. The number of hydrogen-bond donors (Lipinski definition) is 9. The topological polar surface area (TPSA) is 276 Å². The first-order valence-corrected chi connectivity index (χ1v) is 13.1. The zero-order valence-corrected chi connectivity index (χ0v) is 23.6. The van der Waals surface area contributed by atoms with Crippen molar-refractivity contribution in [1.82, 2.24) is 21.3 Å². The lowest BCUT2D eigenvalue weighted by Gasteiger charge is -2.25. The van der Waals surface area contributed by atoms with E-state index >= 15 is 0 Å². The van der Waals surface area contributed by atoms with Gasteiger partial charge in [-0.25, -0.2) is 0 Å². The van der Waals surface area contributed by atoms with Gasteiger partial charge in [-0.2, -0.15) is 0 Å². The average Bonchev–Trinajstić information content (AvgIpc) is 2.89. The van der Waals surface area contributed by atoms with Gasteiger partial charge in [-0.15, -0.1) is 0 Å². The van der Waals surface area contributed by atoms with Crippen molar-refractivity contribution in [3.05, 3.63) is 29.8 Å². The van der Waals surface area contributed by atoms with Gasteiger partial charge in [0, 0.05) is 18.9 Å². The summed E-state index contributed by atoms with van der Waals surface area (Å²) in [6, 6.07) is 0.431. The highest BCUT2D eigenvalue weighted by molar-refractivity contribution is 5.96. The summed E-state index contributed by atoms with van der Waals surface area (Å²) in [5, 5.41) is 37.4. The summed E-state index contributed by atoms with van der Waals surface area (Å²) in [4.78, 5) is 78.0. The number of rotatable bonds is 17. The molecular formula is C26H39N7O9. The van der Waals surface area contributed by atoms with E-state index in [1.54, 1.807) is 26.0 Å². The first-order valence-electron chi connectivity index (χ1n) is 13.1. The van der Waals surface area contributed by atoms with E-state index in [1.807, 2.05) is 0 Å². The first-order chi connectivity index (χ1) is 19.6. The molecule has 0 saturated heterocycles. The van der Waals surface area contributed by atoms with E-state index in [0.29, 0.717) is 5.56 Å². The predicted octanol–water partition coefficient (Wildman–Crippen LogP) is -1.84. The predicted molar refractivity (Wildman–Crippen MR) is 150 cm³/mol. The van der Waals surface area contributed by atoms with Crippen molar-refractivity contribution in [3.63, 3.8) is 0 Å². The van der Waals surface area contributed by atoms with Crippen LogP contribution >= 0.6 is 0 Å². The Morgan fingerprint density at radius 1 is 0.786 bits per heavy atom. The highest BCUT2D eigenvalue weighted by Crippen LogP contribution is 2.12. The van der Waals surface area contributed by atoms with Crippen LogP contribution < -0.4 is 32.7 Å². The fraction of sp³-hybridized carbons (Fsp3) is 0.500. The number of aromatic hydroxyl groups is 1. The summed E-state index contributed by atoms with van der Waals surface area (Å²) in [6.45, 7) is 4.50. The summed E-state index contributed by atoms with van der Waals surface area (Å²) in [5.41, 5.74) is 11.3. The molecule has 4 amide bonds. The fourth-order valence-electron chi connectivity index (χ4n) is 3.49. The van der Waals surface area contributed by atoms with Gasteiger partial charge >= 0.3 is 11.9 Å². The van der Waals surface area contributed by atoms with Crippen molar-refractivity contribution < 1.29 is 44.1 Å². The van der Waals surface area contributed by atoms with Gasteiger partial charge in [0.15, 0.2) is 5.96 Å². The number of benzene rings is 1. The maximum atomic E-state index is 13.4. The smallest absolute Gasteiger partial charge is 0.325 e. The highest BCUT2D eigenvalue weighted by atomic mass is 16.4. The van der Waals surface area contributed by atoms with Gasteiger partial charge in [-0.1, -0.05) is 26.0 Å². The number of carbonyl (C=O) groups is 6. The molecule has 4 atom stereocenters. The van der Waals surface area contributed by atoms with Crippen LogP contribution in [0, 0.1) is 5.92 Å². The number of nitrogens with two attached hydrogens (primary N) is 2. The number of aliphatic carboxylic acids is 2. The minimum Gasteiger partial charge on any atom is -0.508 e. The number of carboxylic acids is 2. The van der Waals surface area contributed by atoms with Crippen LogP contribution in [-0.4, -0.2) is 87.6 Å². The van der Waals surface area contributed by atoms with Crippen LogP contribution in [0.3, 0.4) is 0 Å². The molecule has 16 heteroatoms. The minimum atomic E-state index is -1.66. The summed E-state index contributed by atoms with van der Waals surface area (Å²) < 4.78 is 0. The van der Waals surface area contributed by atoms with E-state index in [1.165, 1.54) is 12.1 Å². The molecule has 0 aliphatic carbocycles. The molecule has 0 aliphatic rings. The Bertz CT molecular complexity index is 1150. The standard InChI is InChI=1S/C26H39N7O9/c1-13(2)21(37)32-18(11-15-6-8-16(34)9-7-15)24(40)31-17(5-4-10-29-26(27)28)22(38)33-19(12-20(35)36)23(39)30-14(3)25(41)42/h6-9,13-14,17-19,34H,4-5,10-12H2,1-3H3,(H,30,39)(H,31,40)(H,32,37)(H,33,38)(H,35,36)(H,41,42)(H4,27,28,29)/t14-,17+,18-,19-/m0/s1. The average molecular weight is 594 g/mol. The molecule has 11 N–H and O–H groups in total. The molecule has 1 aromatic carbocycles. The summed E-state index contributed by atoms with van der Waals surface area (Å²) in [7, 11) is 0. The molecule has 232 valence electrons. The number of hydrogen-bond acceptors (Lipinski definition) is 8. The number of aliphatic imine (C=N–C) groups is 1. The second-order valence-corrected chi connectivity index (χ2v) is 9.82. The highest BCUT2D eigenvalue weighted by Gasteiger charge is 2.32. The maximum absolute atomic E-state index is 13.4. The van der Waals surface area contributed by atoms with Gasteiger partial charge < -0.3 is 48.1 Å². The lowest BCUT2D eigenvalue weighted by Crippen LogP contribution is -2.58. The van der Waals surface area contributed by atoms with E-state index in [9.17, 15) is 39.0 Å². The molecule has 1 rings (SSSR count). The normalized spacial score (nSPS) is 13.5. The number of carboxylic acid groups (broad SMARTS) is 2. The van der Waals surface area contributed by atoms with Gasteiger partial charge in [0.25, 0.3) is 0 Å². The van der Waals surface area contributed by atoms with Crippen LogP contribution in [0.5, 0.6) is 5.75 Å². The second kappa shape index (κ2) is 17.0. The van der Waals surface area contributed by atoms with Crippen LogP contribution in [0.25, 0.3) is 0 Å². The molecule has 0 radical (unpaired) electrons. The third-order valence-corrected chi connectivity index (χ3v) is 5.85. The van der Waals surface area contributed by atoms with Gasteiger partial charge in [0.05, 0.1) is 6.42 Å². The van der Waals surface area contributed by atoms with Gasteiger partial charge in [0.2, 0.25) is 23.6 Å². The number of nitrogens with one attached hydrogen (secondary N) is 4.